The molecule has 2 rings (SSSR count). The van der Waals surface area contributed by atoms with Gasteiger partial charge in [0.2, 0.25) is 5.91 Å². The molecule has 0 radical (unpaired) electrons. The number of hydrogen-bond donors (Lipinski definition) is 2. The molecule has 7 heteroatoms. The highest BCUT2D eigenvalue weighted by atomic mass is 32.1. The number of aryl methyl sites for hydroxylation is 4. The third-order valence-electron chi connectivity index (χ3n) is 3.22. The summed E-state index contributed by atoms with van der Waals surface area (Å²) >= 11 is 1.45. The van der Waals surface area contributed by atoms with Crippen LogP contribution in [0.2, 0.25) is 0 Å². The molecule has 0 bridgehead atoms. The van der Waals surface area contributed by atoms with Crippen LogP contribution in [-0.2, 0) is 11.2 Å². The van der Waals surface area contributed by atoms with Gasteiger partial charge in [0.05, 0.1) is 5.69 Å². The van der Waals surface area contributed by atoms with Crippen LogP contribution < -0.4 is 10.9 Å². The van der Waals surface area contributed by atoms with Crippen LogP contribution >= 0.6 is 11.3 Å². The van der Waals surface area contributed by atoms with E-state index in [4.69, 9.17) is 0 Å². The molecule has 6 nitrogen and oxygen atoms in total. The zero-order valence-corrected chi connectivity index (χ0v) is 13.3. The standard InChI is InChI=1S/C14H18N4O2S/c1-7-9(3)21-14(16-7)18-12(19)6-5-11-8(2)15-10(4)17-13(11)20/h5-6H2,1-4H3,(H,15,17,20)(H,16,18,19). The molecule has 0 saturated heterocycles. The quantitative estimate of drug-likeness (QED) is 0.904. The maximum absolute atomic E-state index is 11.9. The molecule has 0 aliphatic carbocycles. The van der Waals surface area contributed by atoms with E-state index in [0.29, 0.717) is 28.6 Å². The van der Waals surface area contributed by atoms with Crippen molar-refractivity contribution >= 4 is 22.4 Å². The average Bonchev–Trinajstić information content (AvgIpc) is 2.66. The molecule has 0 aliphatic rings. The number of H-pyrrole nitrogens is 1. The minimum Gasteiger partial charge on any atom is -0.311 e. The first-order valence-electron chi connectivity index (χ1n) is 6.67. The van der Waals surface area contributed by atoms with Crippen LogP contribution in [0, 0.1) is 27.7 Å². The Labute approximate surface area is 126 Å². The van der Waals surface area contributed by atoms with Crippen LogP contribution in [0.4, 0.5) is 5.13 Å². The number of rotatable bonds is 4. The van der Waals surface area contributed by atoms with E-state index in [1.807, 2.05) is 13.8 Å². The van der Waals surface area contributed by atoms with Gasteiger partial charge in [-0.2, -0.15) is 0 Å². The van der Waals surface area contributed by atoms with Crippen molar-refractivity contribution in [1.82, 2.24) is 15.0 Å². The summed E-state index contributed by atoms with van der Waals surface area (Å²) in [6.45, 7) is 7.38. The molecule has 0 saturated carbocycles. The fraction of sp³-hybridized carbons (Fsp3) is 0.429. The number of amides is 1. The van der Waals surface area contributed by atoms with Crippen molar-refractivity contribution in [3.8, 4) is 0 Å². The predicted octanol–water partition coefficient (Wildman–Crippen LogP) is 2.03. The fourth-order valence-corrected chi connectivity index (χ4v) is 2.82. The van der Waals surface area contributed by atoms with Crippen LogP contribution in [0.1, 0.15) is 34.1 Å². The Morgan fingerprint density at radius 3 is 2.48 bits per heavy atom. The van der Waals surface area contributed by atoms with E-state index in [9.17, 15) is 9.59 Å². The van der Waals surface area contributed by atoms with E-state index in [2.05, 4.69) is 20.3 Å². The summed E-state index contributed by atoms with van der Waals surface area (Å²) in [6, 6.07) is 0. The Morgan fingerprint density at radius 2 is 1.90 bits per heavy atom. The number of hydrogen-bond acceptors (Lipinski definition) is 5. The van der Waals surface area contributed by atoms with Gasteiger partial charge in [-0.25, -0.2) is 9.97 Å². The lowest BCUT2D eigenvalue weighted by atomic mass is 10.1. The number of aromatic nitrogens is 3. The van der Waals surface area contributed by atoms with Crippen molar-refractivity contribution < 1.29 is 4.79 Å². The summed E-state index contributed by atoms with van der Waals surface area (Å²) < 4.78 is 0. The highest BCUT2D eigenvalue weighted by molar-refractivity contribution is 7.15. The van der Waals surface area contributed by atoms with Gasteiger partial charge in [-0.3, -0.25) is 9.59 Å². The minimum atomic E-state index is -0.172. The highest BCUT2D eigenvalue weighted by Gasteiger charge is 2.11. The first-order chi connectivity index (χ1) is 9.86. The van der Waals surface area contributed by atoms with Gasteiger partial charge in [-0.1, -0.05) is 0 Å². The van der Waals surface area contributed by atoms with Gasteiger partial charge in [-0.15, -0.1) is 11.3 Å². The summed E-state index contributed by atoms with van der Waals surface area (Å²) in [5, 5.41) is 3.36. The lowest BCUT2D eigenvalue weighted by molar-refractivity contribution is -0.116. The normalized spacial score (nSPS) is 10.7. The Bertz CT molecular complexity index is 714. The van der Waals surface area contributed by atoms with E-state index in [0.717, 1.165) is 10.6 Å². The molecule has 0 aliphatic heterocycles. The topological polar surface area (TPSA) is 87.7 Å². The number of carbonyl (C=O) groups excluding carboxylic acids is 1. The molecule has 1 amide bonds. The third-order valence-corrected chi connectivity index (χ3v) is 4.21. The molecular formula is C14H18N4O2S. The third kappa shape index (κ3) is 3.75. The Morgan fingerprint density at radius 1 is 1.19 bits per heavy atom. The van der Waals surface area contributed by atoms with Crippen molar-refractivity contribution in [3.05, 3.63) is 38.0 Å². The number of nitrogens with zero attached hydrogens (tertiary/aromatic N) is 2. The number of nitrogens with one attached hydrogen (secondary N) is 2. The zero-order chi connectivity index (χ0) is 15.6. The van der Waals surface area contributed by atoms with Crippen molar-refractivity contribution in [2.45, 2.75) is 40.5 Å². The maximum Gasteiger partial charge on any atom is 0.254 e. The summed E-state index contributed by atoms with van der Waals surface area (Å²) in [5.74, 6) is 0.433. The van der Waals surface area contributed by atoms with Gasteiger partial charge in [0.15, 0.2) is 5.13 Å². The molecule has 0 atom stereocenters. The summed E-state index contributed by atoms with van der Waals surface area (Å²) in [4.78, 5) is 36.0. The molecule has 112 valence electrons. The molecule has 0 spiro atoms. The lowest BCUT2D eigenvalue weighted by Gasteiger charge is -2.05. The van der Waals surface area contributed by atoms with E-state index >= 15 is 0 Å². The van der Waals surface area contributed by atoms with E-state index < -0.39 is 0 Å². The van der Waals surface area contributed by atoms with Crippen LogP contribution in [0.25, 0.3) is 0 Å². The summed E-state index contributed by atoms with van der Waals surface area (Å²) in [7, 11) is 0. The Balaban J connectivity index is 2.00. The first kappa shape index (κ1) is 15.4. The Kier molecular flexibility index (Phi) is 4.52. The average molecular weight is 306 g/mol. The largest absolute Gasteiger partial charge is 0.311 e. The zero-order valence-electron chi connectivity index (χ0n) is 12.5. The molecule has 0 unspecified atom stereocenters. The number of aromatic amines is 1. The Hall–Kier alpha value is -2.02. The van der Waals surface area contributed by atoms with E-state index in [-0.39, 0.29) is 17.9 Å². The molecule has 2 aromatic rings. The second-order valence-corrected chi connectivity index (χ2v) is 6.13. The summed E-state index contributed by atoms with van der Waals surface area (Å²) in [6.07, 6.45) is 0.593. The first-order valence-corrected chi connectivity index (χ1v) is 7.48. The highest BCUT2D eigenvalue weighted by Crippen LogP contribution is 2.21. The SMILES string of the molecule is Cc1nc(C)c(CCC(=O)Nc2nc(C)c(C)s2)c(=O)[nH]1. The number of anilines is 1. The maximum atomic E-state index is 11.9. The van der Waals surface area contributed by atoms with Crippen LogP contribution in [0.5, 0.6) is 0 Å². The molecule has 0 fully saturated rings. The van der Waals surface area contributed by atoms with Gasteiger partial charge < -0.3 is 10.3 Å². The molecule has 0 aromatic carbocycles. The number of thiazole rings is 1. The van der Waals surface area contributed by atoms with Crippen molar-refractivity contribution in [3.63, 3.8) is 0 Å². The van der Waals surface area contributed by atoms with Gasteiger partial charge in [0, 0.05) is 22.6 Å². The van der Waals surface area contributed by atoms with Gasteiger partial charge in [0.1, 0.15) is 5.82 Å². The minimum absolute atomic E-state index is 0.150. The second kappa shape index (κ2) is 6.17. The van der Waals surface area contributed by atoms with Gasteiger partial charge in [-0.05, 0) is 34.1 Å². The van der Waals surface area contributed by atoms with E-state index in [1.54, 1.807) is 13.8 Å². The van der Waals surface area contributed by atoms with Gasteiger partial charge >= 0.3 is 0 Å². The summed E-state index contributed by atoms with van der Waals surface area (Å²) in [5.41, 5.74) is 1.98. The van der Waals surface area contributed by atoms with Crippen LogP contribution in [0.15, 0.2) is 4.79 Å². The van der Waals surface area contributed by atoms with E-state index in [1.165, 1.54) is 11.3 Å². The van der Waals surface area contributed by atoms with Gasteiger partial charge in [0.25, 0.3) is 5.56 Å². The molecule has 21 heavy (non-hydrogen) atoms. The molecule has 2 heterocycles. The molecule has 2 N–H and O–H groups in total. The monoisotopic (exact) mass is 306 g/mol. The smallest absolute Gasteiger partial charge is 0.254 e. The fourth-order valence-electron chi connectivity index (χ4n) is 1.99. The predicted molar refractivity (Wildman–Crippen MR) is 82.9 cm³/mol. The van der Waals surface area contributed by atoms with Crippen LogP contribution in [-0.4, -0.2) is 20.9 Å². The number of carbonyl (C=O) groups is 1. The van der Waals surface area contributed by atoms with Crippen molar-refractivity contribution in [2.24, 2.45) is 0 Å². The second-order valence-electron chi connectivity index (χ2n) is 4.92. The molecule has 2 aromatic heterocycles. The van der Waals surface area contributed by atoms with Crippen molar-refractivity contribution in [2.75, 3.05) is 5.32 Å². The lowest BCUT2D eigenvalue weighted by Crippen LogP contribution is -2.20. The molecular weight excluding hydrogens is 288 g/mol. The van der Waals surface area contributed by atoms with Crippen LogP contribution in [0.3, 0.4) is 0 Å². The van der Waals surface area contributed by atoms with Crippen molar-refractivity contribution in [1.29, 1.82) is 0 Å².